The van der Waals surface area contributed by atoms with Crippen LogP contribution in [0.15, 0.2) is 47.4 Å². The Hall–Kier alpha value is -2.87. The largest absolute Gasteiger partial charge is 0.354 e. The van der Waals surface area contributed by atoms with Crippen LogP contribution < -0.4 is 15.5 Å². The van der Waals surface area contributed by atoms with Crippen LogP contribution in [-0.2, 0) is 9.59 Å². The summed E-state index contributed by atoms with van der Waals surface area (Å²) in [5.41, 5.74) is 1.60. The Kier molecular flexibility index (Phi) is 7.46. The van der Waals surface area contributed by atoms with Crippen molar-refractivity contribution < 1.29 is 18.8 Å². The molecule has 0 unspecified atom stereocenters. The van der Waals surface area contributed by atoms with Crippen LogP contribution in [-0.4, -0.2) is 43.1 Å². The van der Waals surface area contributed by atoms with Crippen molar-refractivity contribution in [2.24, 2.45) is 0 Å². The van der Waals surface area contributed by atoms with Crippen LogP contribution in [0.3, 0.4) is 0 Å². The Labute approximate surface area is 179 Å². The first-order chi connectivity index (χ1) is 14.5. The molecule has 0 saturated carbocycles. The number of nitrogens with one attached hydrogen (secondary N) is 2. The third kappa shape index (κ3) is 5.60. The Bertz CT molecular complexity index is 951. The summed E-state index contributed by atoms with van der Waals surface area (Å²) in [5, 5.41) is 5.32. The molecule has 0 radical (unpaired) electrons. The van der Waals surface area contributed by atoms with Gasteiger partial charge in [-0.05, 0) is 36.8 Å². The molecule has 0 spiro atoms. The molecule has 0 aromatic heterocycles. The smallest absolute Gasteiger partial charge is 0.251 e. The standard InChI is InChI=1S/C22H24FN3O3S/c1-15-6-7-16(14-17(15)23)22(29)25-11-10-24-20(27)8-9-21(28)26-12-13-30-19-5-3-2-4-18(19)26/h2-7,14H,8-13H2,1H3,(H,24,27)(H,25,29). The lowest BCUT2D eigenvalue weighted by Gasteiger charge is -2.29. The van der Waals surface area contributed by atoms with Crippen molar-refractivity contribution in [3.05, 3.63) is 59.4 Å². The van der Waals surface area contributed by atoms with Gasteiger partial charge in [-0.25, -0.2) is 4.39 Å². The fourth-order valence-electron chi connectivity index (χ4n) is 3.09. The zero-order chi connectivity index (χ0) is 21.5. The van der Waals surface area contributed by atoms with Gasteiger partial charge in [-0.1, -0.05) is 18.2 Å². The van der Waals surface area contributed by atoms with Crippen molar-refractivity contribution in [1.82, 2.24) is 10.6 Å². The topological polar surface area (TPSA) is 78.5 Å². The second-order valence-corrected chi connectivity index (χ2v) is 8.07. The van der Waals surface area contributed by atoms with Gasteiger partial charge in [-0.15, -0.1) is 11.8 Å². The lowest BCUT2D eigenvalue weighted by atomic mass is 10.1. The molecule has 0 fully saturated rings. The first-order valence-corrected chi connectivity index (χ1v) is 10.8. The third-order valence-electron chi connectivity index (χ3n) is 4.76. The number of rotatable bonds is 7. The number of thioether (sulfide) groups is 1. The molecular formula is C22H24FN3O3S. The zero-order valence-corrected chi connectivity index (χ0v) is 17.6. The molecule has 2 aromatic carbocycles. The average Bonchev–Trinajstić information content (AvgIpc) is 2.76. The highest BCUT2D eigenvalue weighted by Gasteiger charge is 2.22. The molecule has 1 aliphatic heterocycles. The number of benzene rings is 2. The maximum absolute atomic E-state index is 13.5. The maximum Gasteiger partial charge on any atom is 0.251 e. The van der Waals surface area contributed by atoms with E-state index in [4.69, 9.17) is 0 Å². The molecule has 30 heavy (non-hydrogen) atoms. The maximum atomic E-state index is 13.5. The van der Waals surface area contributed by atoms with E-state index in [0.29, 0.717) is 12.1 Å². The van der Waals surface area contributed by atoms with Gasteiger partial charge < -0.3 is 15.5 Å². The number of anilines is 1. The number of para-hydroxylation sites is 1. The van der Waals surface area contributed by atoms with Crippen LogP contribution in [0, 0.1) is 12.7 Å². The average molecular weight is 430 g/mol. The molecule has 8 heteroatoms. The Morgan fingerprint density at radius 1 is 1.07 bits per heavy atom. The lowest BCUT2D eigenvalue weighted by Crippen LogP contribution is -2.37. The highest BCUT2D eigenvalue weighted by atomic mass is 32.2. The molecule has 0 bridgehead atoms. The summed E-state index contributed by atoms with van der Waals surface area (Å²) in [6.07, 6.45) is 0.210. The summed E-state index contributed by atoms with van der Waals surface area (Å²) in [4.78, 5) is 39.4. The van der Waals surface area contributed by atoms with Crippen LogP contribution in [0.25, 0.3) is 0 Å². The van der Waals surface area contributed by atoms with E-state index < -0.39 is 11.7 Å². The van der Waals surface area contributed by atoms with Crippen molar-refractivity contribution in [3.8, 4) is 0 Å². The van der Waals surface area contributed by atoms with Crippen molar-refractivity contribution in [1.29, 1.82) is 0 Å². The number of halogens is 1. The minimum absolute atomic E-state index is 0.0763. The molecule has 0 saturated heterocycles. The van der Waals surface area contributed by atoms with Gasteiger partial charge in [0.2, 0.25) is 11.8 Å². The molecule has 3 rings (SSSR count). The summed E-state index contributed by atoms with van der Waals surface area (Å²) in [6.45, 7) is 2.70. The molecule has 158 valence electrons. The molecule has 0 aliphatic carbocycles. The summed E-state index contributed by atoms with van der Waals surface area (Å²) in [6, 6.07) is 12.0. The summed E-state index contributed by atoms with van der Waals surface area (Å²) < 4.78 is 13.5. The molecule has 2 N–H and O–H groups in total. The van der Waals surface area contributed by atoms with Gasteiger partial charge in [-0.2, -0.15) is 0 Å². The number of hydrogen-bond acceptors (Lipinski definition) is 4. The van der Waals surface area contributed by atoms with Gasteiger partial charge in [0, 0.05) is 48.7 Å². The SMILES string of the molecule is Cc1ccc(C(=O)NCCNC(=O)CCC(=O)N2CCSc3ccccc32)cc1F. The van der Waals surface area contributed by atoms with Gasteiger partial charge >= 0.3 is 0 Å². The Morgan fingerprint density at radius 3 is 2.63 bits per heavy atom. The van der Waals surface area contributed by atoms with E-state index in [1.165, 1.54) is 6.07 Å². The normalized spacial score (nSPS) is 12.8. The van der Waals surface area contributed by atoms with Crippen molar-refractivity contribution in [2.75, 3.05) is 30.3 Å². The second kappa shape index (κ2) is 10.2. The third-order valence-corrected chi connectivity index (χ3v) is 5.81. The number of fused-ring (bicyclic) bond motifs is 1. The summed E-state index contributed by atoms with van der Waals surface area (Å²) >= 11 is 1.72. The molecule has 3 amide bonds. The number of carbonyl (C=O) groups excluding carboxylic acids is 3. The van der Waals surface area contributed by atoms with Crippen LogP contribution in [0.2, 0.25) is 0 Å². The van der Waals surface area contributed by atoms with Crippen molar-refractivity contribution >= 4 is 35.2 Å². The van der Waals surface area contributed by atoms with Crippen LogP contribution >= 0.6 is 11.8 Å². The fraction of sp³-hybridized carbons (Fsp3) is 0.318. The molecule has 0 atom stereocenters. The fourth-order valence-corrected chi connectivity index (χ4v) is 4.08. The predicted octanol–water partition coefficient (Wildman–Crippen LogP) is 2.90. The second-order valence-electron chi connectivity index (χ2n) is 6.93. The van der Waals surface area contributed by atoms with Gasteiger partial charge in [0.1, 0.15) is 5.82 Å². The first kappa shape index (κ1) is 21.8. The van der Waals surface area contributed by atoms with E-state index in [0.717, 1.165) is 16.3 Å². The zero-order valence-electron chi connectivity index (χ0n) is 16.7. The van der Waals surface area contributed by atoms with Crippen LogP contribution in [0.4, 0.5) is 10.1 Å². The summed E-state index contributed by atoms with van der Waals surface area (Å²) in [7, 11) is 0. The summed E-state index contributed by atoms with van der Waals surface area (Å²) in [5.74, 6) is -0.332. The van der Waals surface area contributed by atoms with Gasteiger partial charge in [0.25, 0.3) is 5.91 Å². The van der Waals surface area contributed by atoms with Crippen LogP contribution in [0.5, 0.6) is 0 Å². The van der Waals surface area contributed by atoms with E-state index in [2.05, 4.69) is 10.6 Å². The number of nitrogens with zero attached hydrogens (tertiary/aromatic N) is 1. The molecule has 1 heterocycles. The molecule has 6 nitrogen and oxygen atoms in total. The van der Waals surface area contributed by atoms with E-state index in [9.17, 15) is 18.8 Å². The van der Waals surface area contributed by atoms with E-state index in [1.54, 1.807) is 35.7 Å². The van der Waals surface area contributed by atoms with Gasteiger partial charge in [0.05, 0.1) is 5.69 Å². The highest BCUT2D eigenvalue weighted by molar-refractivity contribution is 7.99. The van der Waals surface area contributed by atoms with Crippen LogP contribution in [0.1, 0.15) is 28.8 Å². The molecule has 2 aromatic rings. The Morgan fingerprint density at radius 2 is 1.83 bits per heavy atom. The number of carbonyl (C=O) groups is 3. The van der Waals surface area contributed by atoms with Gasteiger partial charge in [0.15, 0.2) is 0 Å². The first-order valence-electron chi connectivity index (χ1n) is 9.79. The quantitative estimate of drug-likeness (QED) is 0.664. The van der Waals surface area contributed by atoms with Gasteiger partial charge in [-0.3, -0.25) is 14.4 Å². The minimum Gasteiger partial charge on any atom is -0.354 e. The lowest BCUT2D eigenvalue weighted by molar-refractivity contribution is -0.125. The van der Waals surface area contributed by atoms with E-state index >= 15 is 0 Å². The number of amides is 3. The monoisotopic (exact) mass is 429 g/mol. The van der Waals surface area contributed by atoms with E-state index in [1.807, 2.05) is 24.3 Å². The number of hydrogen-bond donors (Lipinski definition) is 2. The minimum atomic E-state index is -0.435. The van der Waals surface area contributed by atoms with Crippen molar-refractivity contribution in [3.63, 3.8) is 0 Å². The number of aryl methyl sites for hydroxylation is 1. The highest BCUT2D eigenvalue weighted by Crippen LogP contribution is 2.34. The molecule has 1 aliphatic rings. The predicted molar refractivity (Wildman–Crippen MR) is 115 cm³/mol. The van der Waals surface area contributed by atoms with E-state index in [-0.39, 0.29) is 43.3 Å². The molecular weight excluding hydrogens is 405 g/mol. The van der Waals surface area contributed by atoms with Crippen molar-refractivity contribution in [2.45, 2.75) is 24.7 Å². The Balaban J connectivity index is 1.38.